The second-order valence-electron chi connectivity index (χ2n) is 6.83. The predicted octanol–water partition coefficient (Wildman–Crippen LogP) is 0.123. The van der Waals surface area contributed by atoms with E-state index in [1.165, 1.54) is 6.26 Å². The SMILES string of the molecule is Cn1cnc(C(=O)N2CCC3(CC2)C[C@H](NS(C)(=O)=O)CCO3)c1. The highest BCUT2D eigenvalue weighted by molar-refractivity contribution is 7.88. The van der Waals surface area contributed by atoms with E-state index in [-0.39, 0.29) is 17.6 Å². The van der Waals surface area contributed by atoms with Crippen molar-refractivity contribution in [3.8, 4) is 0 Å². The summed E-state index contributed by atoms with van der Waals surface area (Å²) in [6, 6.07) is -0.0909. The average Bonchev–Trinajstić information content (AvgIpc) is 2.92. The Hall–Kier alpha value is -1.45. The Balaban J connectivity index is 1.60. The summed E-state index contributed by atoms with van der Waals surface area (Å²) in [4.78, 5) is 18.4. The van der Waals surface area contributed by atoms with E-state index in [4.69, 9.17) is 4.74 Å². The van der Waals surface area contributed by atoms with E-state index >= 15 is 0 Å². The fourth-order valence-corrected chi connectivity index (χ4v) is 4.39. The lowest BCUT2D eigenvalue weighted by atomic mass is 9.82. The van der Waals surface area contributed by atoms with Crippen molar-refractivity contribution in [1.82, 2.24) is 19.2 Å². The molecule has 0 unspecified atom stereocenters. The number of aryl methyl sites for hydroxylation is 1. The van der Waals surface area contributed by atoms with Gasteiger partial charge in [-0.25, -0.2) is 18.1 Å². The quantitative estimate of drug-likeness (QED) is 0.830. The second-order valence-corrected chi connectivity index (χ2v) is 8.61. The summed E-state index contributed by atoms with van der Waals surface area (Å²) in [6.45, 7) is 1.74. The molecule has 0 aliphatic carbocycles. The summed E-state index contributed by atoms with van der Waals surface area (Å²) in [6.07, 6.45) is 7.29. The summed E-state index contributed by atoms with van der Waals surface area (Å²) in [5, 5.41) is 0. The van der Waals surface area contributed by atoms with E-state index in [0.717, 1.165) is 0 Å². The lowest BCUT2D eigenvalue weighted by molar-refractivity contribution is -0.113. The van der Waals surface area contributed by atoms with Gasteiger partial charge in [-0.05, 0) is 25.7 Å². The minimum atomic E-state index is -3.22. The summed E-state index contributed by atoms with van der Waals surface area (Å²) < 4.78 is 33.4. The molecule has 1 amide bonds. The van der Waals surface area contributed by atoms with Gasteiger partial charge in [-0.1, -0.05) is 0 Å². The van der Waals surface area contributed by atoms with Crippen LogP contribution in [-0.4, -0.2) is 66.4 Å². The van der Waals surface area contributed by atoms with Crippen LogP contribution in [0.15, 0.2) is 12.5 Å². The van der Waals surface area contributed by atoms with Gasteiger partial charge in [-0.3, -0.25) is 4.79 Å². The van der Waals surface area contributed by atoms with Gasteiger partial charge in [0.15, 0.2) is 0 Å². The van der Waals surface area contributed by atoms with Crippen molar-refractivity contribution in [2.75, 3.05) is 26.0 Å². The van der Waals surface area contributed by atoms with Crippen molar-refractivity contribution in [3.63, 3.8) is 0 Å². The normalized spacial score (nSPS) is 24.2. The van der Waals surface area contributed by atoms with Gasteiger partial charge in [0.1, 0.15) is 5.69 Å². The molecule has 0 saturated carbocycles. The third-order valence-corrected chi connectivity index (χ3v) is 5.52. The van der Waals surface area contributed by atoms with Crippen LogP contribution >= 0.6 is 0 Å². The maximum Gasteiger partial charge on any atom is 0.274 e. The smallest absolute Gasteiger partial charge is 0.274 e. The average molecular weight is 356 g/mol. The van der Waals surface area contributed by atoms with Crippen LogP contribution in [0.5, 0.6) is 0 Å². The minimum Gasteiger partial charge on any atom is -0.375 e. The number of piperidine rings is 1. The molecule has 2 saturated heterocycles. The number of hydrogen-bond acceptors (Lipinski definition) is 5. The van der Waals surface area contributed by atoms with Crippen LogP contribution in [0.25, 0.3) is 0 Å². The van der Waals surface area contributed by atoms with Crippen molar-refractivity contribution >= 4 is 15.9 Å². The number of carbonyl (C=O) groups excluding carboxylic acids is 1. The van der Waals surface area contributed by atoms with E-state index in [1.807, 2.05) is 7.05 Å². The van der Waals surface area contributed by atoms with Crippen molar-refractivity contribution in [2.45, 2.75) is 37.3 Å². The number of ether oxygens (including phenoxy) is 1. The van der Waals surface area contributed by atoms with Crippen molar-refractivity contribution in [2.24, 2.45) is 7.05 Å². The number of sulfonamides is 1. The number of amides is 1. The van der Waals surface area contributed by atoms with Crippen LogP contribution in [0.2, 0.25) is 0 Å². The highest BCUT2D eigenvalue weighted by atomic mass is 32.2. The van der Waals surface area contributed by atoms with Gasteiger partial charge < -0.3 is 14.2 Å². The molecule has 2 aliphatic heterocycles. The van der Waals surface area contributed by atoms with Gasteiger partial charge in [0, 0.05) is 39.0 Å². The monoisotopic (exact) mass is 356 g/mol. The molecule has 9 heteroatoms. The van der Waals surface area contributed by atoms with E-state index in [2.05, 4.69) is 9.71 Å². The molecule has 2 aliphatic rings. The molecule has 3 rings (SSSR count). The van der Waals surface area contributed by atoms with E-state index in [1.54, 1.807) is 22.0 Å². The number of hydrogen-bond donors (Lipinski definition) is 1. The highest BCUT2D eigenvalue weighted by Gasteiger charge is 2.42. The number of nitrogens with one attached hydrogen (secondary N) is 1. The number of carbonyl (C=O) groups is 1. The Morgan fingerprint density at radius 1 is 1.42 bits per heavy atom. The molecule has 1 aromatic rings. The molecule has 1 spiro atoms. The minimum absolute atomic E-state index is 0.0629. The first-order valence-electron chi connectivity index (χ1n) is 8.15. The lowest BCUT2D eigenvalue weighted by Crippen LogP contribution is -2.54. The van der Waals surface area contributed by atoms with E-state index < -0.39 is 10.0 Å². The molecule has 2 fully saturated rings. The third kappa shape index (κ3) is 3.96. The zero-order valence-electron chi connectivity index (χ0n) is 14.1. The van der Waals surface area contributed by atoms with Crippen LogP contribution in [0, 0.1) is 0 Å². The van der Waals surface area contributed by atoms with E-state index in [0.29, 0.717) is 51.1 Å². The first kappa shape index (κ1) is 17.4. The summed E-state index contributed by atoms with van der Waals surface area (Å²) in [5.74, 6) is -0.0629. The van der Waals surface area contributed by atoms with Crippen LogP contribution in [-0.2, 0) is 21.8 Å². The molecule has 24 heavy (non-hydrogen) atoms. The standard InChI is InChI=1S/C15H24N4O4S/c1-18-10-13(16-11-18)14(20)19-6-4-15(5-7-19)9-12(3-8-23-15)17-24(2,21)22/h10-12,17H,3-9H2,1-2H3/t12-/m1/s1. The van der Waals surface area contributed by atoms with E-state index in [9.17, 15) is 13.2 Å². The first-order valence-corrected chi connectivity index (χ1v) is 10.0. The molecule has 1 aromatic heterocycles. The third-order valence-electron chi connectivity index (χ3n) is 4.76. The topological polar surface area (TPSA) is 93.5 Å². The predicted molar refractivity (Wildman–Crippen MR) is 88.0 cm³/mol. The van der Waals surface area contributed by atoms with Gasteiger partial charge in [-0.15, -0.1) is 0 Å². The van der Waals surface area contributed by atoms with Gasteiger partial charge in [0.25, 0.3) is 5.91 Å². The summed E-state index contributed by atoms with van der Waals surface area (Å²) in [5.41, 5.74) is 0.122. The first-order chi connectivity index (χ1) is 11.3. The highest BCUT2D eigenvalue weighted by Crippen LogP contribution is 2.35. The summed E-state index contributed by atoms with van der Waals surface area (Å²) >= 11 is 0. The van der Waals surface area contributed by atoms with Crippen LogP contribution < -0.4 is 4.72 Å². The van der Waals surface area contributed by atoms with Gasteiger partial charge in [-0.2, -0.15) is 0 Å². The molecule has 0 bridgehead atoms. The zero-order valence-corrected chi connectivity index (χ0v) is 14.9. The fraction of sp³-hybridized carbons (Fsp3) is 0.733. The van der Waals surface area contributed by atoms with Crippen LogP contribution in [0.1, 0.15) is 36.2 Å². The van der Waals surface area contributed by atoms with Crippen molar-refractivity contribution < 1.29 is 17.9 Å². The molecule has 8 nitrogen and oxygen atoms in total. The van der Waals surface area contributed by atoms with Crippen molar-refractivity contribution in [1.29, 1.82) is 0 Å². The Kier molecular flexibility index (Phi) is 4.67. The second kappa shape index (κ2) is 6.45. The molecule has 3 heterocycles. The lowest BCUT2D eigenvalue weighted by Gasteiger charge is -2.46. The number of likely N-dealkylation sites (tertiary alicyclic amines) is 1. The van der Waals surface area contributed by atoms with Crippen LogP contribution in [0.4, 0.5) is 0 Å². The van der Waals surface area contributed by atoms with Crippen LogP contribution in [0.3, 0.4) is 0 Å². The maximum atomic E-state index is 12.5. The molecule has 0 radical (unpaired) electrons. The molecular formula is C15H24N4O4S. The van der Waals surface area contributed by atoms with Gasteiger partial charge in [0.2, 0.25) is 10.0 Å². The Morgan fingerprint density at radius 2 is 2.12 bits per heavy atom. The van der Waals surface area contributed by atoms with Crippen molar-refractivity contribution in [3.05, 3.63) is 18.2 Å². The van der Waals surface area contributed by atoms with Gasteiger partial charge >= 0.3 is 0 Å². The van der Waals surface area contributed by atoms with Gasteiger partial charge in [0.05, 0.1) is 18.2 Å². The summed E-state index contributed by atoms with van der Waals surface area (Å²) in [7, 11) is -1.38. The Labute approximate surface area is 142 Å². The number of imidazole rings is 1. The molecule has 134 valence electrons. The number of aromatic nitrogens is 2. The Bertz CT molecular complexity index is 707. The number of rotatable bonds is 3. The largest absolute Gasteiger partial charge is 0.375 e. The molecule has 0 aromatic carbocycles. The molecule has 1 N–H and O–H groups in total. The fourth-order valence-electron chi connectivity index (χ4n) is 3.58. The maximum absolute atomic E-state index is 12.5. The zero-order chi connectivity index (χ0) is 17.4. The molecular weight excluding hydrogens is 332 g/mol. The Morgan fingerprint density at radius 3 is 2.71 bits per heavy atom. The molecule has 1 atom stereocenters. The number of nitrogens with zero attached hydrogens (tertiary/aromatic N) is 3.